The zero-order valence-corrected chi connectivity index (χ0v) is 15.0. The Balaban J connectivity index is 2.03. The summed E-state index contributed by atoms with van der Waals surface area (Å²) >= 11 is 6.12. The normalized spacial score (nSPS) is 13.5. The van der Waals surface area contributed by atoms with E-state index in [0.29, 0.717) is 18.2 Å². The van der Waals surface area contributed by atoms with Crippen LogP contribution in [0.15, 0.2) is 42.5 Å². The molecule has 0 aliphatic carbocycles. The Kier molecular flexibility index (Phi) is 7.06. The molecular weight excluding hydrogens is 326 g/mol. The van der Waals surface area contributed by atoms with Crippen LogP contribution in [0.2, 0.25) is 5.02 Å². The highest BCUT2D eigenvalue weighted by Gasteiger charge is 2.14. The molecule has 0 bridgehead atoms. The van der Waals surface area contributed by atoms with Crippen LogP contribution in [0.25, 0.3) is 0 Å². The first kappa shape index (κ1) is 18.7. The van der Waals surface area contributed by atoms with Gasteiger partial charge < -0.3 is 19.9 Å². The van der Waals surface area contributed by atoms with Crippen LogP contribution in [0.4, 0.5) is 0 Å². The number of nitrogens with one attached hydrogen (secondary N) is 1. The van der Waals surface area contributed by atoms with Crippen LogP contribution in [-0.4, -0.2) is 25.9 Å². The Labute approximate surface area is 148 Å². The van der Waals surface area contributed by atoms with Crippen molar-refractivity contribution < 1.29 is 14.6 Å². The molecule has 2 unspecified atom stereocenters. The van der Waals surface area contributed by atoms with E-state index in [4.69, 9.17) is 21.1 Å². The molecule has 130 valence electrons. The third-order valence-corrected chi connectivity index (χ3v) is 4.33. The second kappa shape index (κ2) is 9.04. The van der Waals surface area contributed by atoms with Crippen LogP contribution in [0.1, 0.15) is 35.8 Å². The van der Waals surface area contributed by atoms with Gasteiger partial charge in [0.1, 0.15) is 5.75 Å². The van der Waals surface area contributed by atoms with Crippen LogP contribution in [0, 0.1) is 0 Å². The van der Waals surface area contributed by atoms with E-state index < -0.39 is 6.10 Å². The monoisotopic (exact) mass is 349 g/mol. The van der Waals surface area contributed by atoms with E-state index in [2.05, 4.69) is 18.3 Å². The lowest BCUT2D eigenvalue weighted by molar-refractivity contribution is 0.170. The maximum absolute atomic E-state index is 10.3. The van der Waals surface area contributed by atoms with Crippen LogP contribution in [0.3, 0.4) is 0 Å². The fourth-order valence-electron chi connectivity index (χ4n) is 2.60. The van der Waals surface area contributed by atoms with Crippen molar-refractivity contribution in [3.05, 3.63) is 64.2 Å². The molecule has 4 nitrogen and oxygen atoms in total. The summed E-state index contributed by atoms with van der Waals surface area (Å²) in [5.74, 6) is 0.809. The van der Waals surface area contributed by atoms with Gasteiger partial charge in [-0.15, -0.1) is 0 Å². The van der Waals surface area contributed by atoms with Gasteiger partial charge in [0.05, 0.1) is 19.8 Å². The Morgan fingerprint density at radius 3 is 2.58 bits per heavy atom. The molecular formula is C19H24ClNO3. The van der Waals surface area contributed by atoms with Gasteiger partial charge in [-0.05, 0) is 30.7 Å². The molecule has 0 spiro atoms. The summed E-state index contributed by atoms with van der Waals surface area (Å²) in [6, 6.07) is 13.4. The highest BCUT2D eigenvalue weighted by Crippen LogP contribution is 2.25. The van der Waals surface area contributed by atoms with Gasteiger partial charge in [-0.2, -0.15) is 0 Å². The molecule has 0 saturated carbocycles. The summed E-state index contributed by atoms with van der Waals surface area (Å²) in [5, 5.41) is 14.2. The number of ether oxygens (including phenoxy) is 2. The van der Waals surface area contributed by atoms with Gasteiger partial charge in [-0.1, -0.05) is 35.9 Å². The minimum atomic E-state index is -0.655. The second-order valence-corrected chi connectivity index (χ2v) is 6.08. The molecule has 0 fully saturated rings. The maximum Gasteiger partial charge on any atom is 0.124 e. The van der Waals surface area contributed by atoms with Crippen molar-refractivity contribution in [2.24, 2.45) is 0 Å². The molecule has 2 aromatic carbocycles. The van der Waals surface area contributed by atoms with Crippen molar-refractivity contribution in [1.29, 1.82) is 0 Å². The lowest BCUT2D eigenvalue weighted by atomic mass is 10.0. The Morgan fingerprint density at radius 1 is 1.17 bits per heavy atom. The lowest BCUT2D eigenvalue weighted by Gasteiger charge is -2.20. The average molecular weight is 350 g/mol. The molecule has 24 heavy (non-hydrogen) atoms. The van der Waals surface area contributed by atoms with Crippen molar-refractivity contribution in [3.8, 4) is 5.75 Å². The molecule has 0 heterocycles. The molecule has 0 amide bonds. The number of aliphatic hydroxyl groups excluding tert-OH is 1. The summed E-state index contributed by atoms with van der Waals surface area (Å²) in [4.78, 5) is 0. The van der Waals surface area contributed by atoms with Gasteiger partial charge in [0.2, 0.25) is 0 Å². The average Bonchev–Trinajstić information content (AvgIpc) is 2.60. The zero-order chi connectivity index (χ0) is 17.5. The first-order chi connectivity index (χ1) is 11.6. The highest BCUT2D eigenvalue weighted by atomic mass is 35.5. The minimum absolute atomic E-state index is 0.0728. The van der Waals surface area contributed by atoms with Gasteiger partial charge >= 0.3 is 0 Å². The summed E-state index contributed by atoms with van der Waals surface area (Å²) < 4.78 is 10.6. The van der Waals surface area contributed by atoms with E-state index in [0.717, 1.165) is 22.4 Å². The summed E-state index contributed by atoms with van der Waals surface area (Å²) in [6.45, 7) is 2.96. The number of rotatable bonds is 8. The molecule has 2 N–H and O–H groups in total. The van der Waals surface area contributed by atoms with E-state index >= 15 is 0 Å². The number of aliphatic hydroxyl groups is 1. The molecule has 0 radical (unpaired) electrons. The van der Waals surface area contributed by atoms with Crippen molar-refractivity contribution in [3.63, 3.8) is 0 Å². The summed E-state index contributed by atoms with van der Waals surface area (Å²) in [7, 11) is 3.31. The fraction of sp³-hybridized carbons (Fsp3) is 0.368. The van der Waals surface area contributed by atoms with Gasteiger partial charge in [0.15, 0.2) is 0 Å². The van der Waals surface area contributed by atoms with Crippen molar-refractivity contribution in [2.75, 3.05) is 20.8 Å². The number of methoxy groups -OCH3 is 2. The number of benzene rings is 2. The van der Waals surface area contributed by atoms with Crippen LogP contribution < -0.4 is 10.1 Å². The smallest absolute Gasteiger partial charge is 0.124 e. The molecule has 0 aromatic heterocycles. The number of hydrogen-bond acceptors (Lipinski definition) is 4. The maximum atomic E-state index is 10.3. The van der Waals surface area contributed by atoms with E-state index in [1.165, 1.54) is 0 Å². The van der Waals surface area contributed by atoms with Crippen LogP contribution in [0.5, 0.6) is 5.75 Å². The predicted octanol–water partition coefficient (Wildman–Crippen LogP) is 3.88. The molecule has 2 rings (SSSR count). The summed E-state index contributed by atoms with van der Waals surface area (Å²) in [6.07, 6.45) is -0.655. The van der Waals surface area contributed by atoms with Gasteiger partial charge in [-0.3, -0.25) is 0 Å². The SMILES string of the molecule is COCc1cc(C(C)NCC(O)c2ccccc2Cl)ccc1OC. The molecule has 5 heteroatoms. The Morgan fingerprint density at radius 2 is 1.92 bits per heavy atom. The largest absolute Gasteiger partial charge is 0.496 e. The zero-order valence-electron chi connectivity index (χ0n) is 14.3. The lowest BCUT2D eigenvalue weighted by Crippen LogP contribution is -2.25. The Bertz CT molecular complexity index is 663. The first-order valence-electron chi connectivity index (χ1n) is 7.88. The minimum Gasteiger partial charge on any atom is -0.496 e. The topological polar surface area (TPSA) is 50.7 Å². The third-order valence-electron chi connectivity index (χ3n) is 3.99. The van der Waals surface area contributed by atoms with Crippen molar-refractivity contribution in [1.82, 2.24) is 5.32 Å². The summed E-state index contributed by atoms with van der Waals surface area (Å²) in [5.41, 5.74) is 2.83. The molecule has 0 aliphatic rings. The number of halogens is 1. The fourth-order valence-corrected chi connectivity index (χ4v) is 2.86. The van der Waals surface area contributed by atoms with Gasteiger partial charge in [-0.25, -0.2) is 0 Å². The molecule has 2 aromatic rings. The highest BCUT2D eigenvalue weighted by molar-refractivity contribution is 6.31. The van der Waals surface area contributed by atoms with E-state index in [1.54, 1.807) is 20.3 Å². The number of hydrogen-bond donors (Lipinski definition) is 2. The predicted molar refractivity (Wildman–Crippen MR) is 96.5 cm³/mol. The van der Waals surface area contributed by atoms with Gasteiger partial charge in [0, 0.05) is 35.8 Å². The third kappa shape index (κ3) is 4.71. The van der Waals surface area contributed by atoms with Crippen LogP contribution in [-0.2, 0) is 11.3 Å². The molecule has 2 atom stereocenters. The van der Waals surface area contributed by atoms with E-state index in [-0.39, 0.29) is 6.04 Å². The quantitative estimate of drug-likeness (QED) is 0.759. The first-order valence-corrected chi connectivity index (χ1v) is 8.26. The standard InChI is InChI=1S/C19H24ClNO3/c1-13(14-8-9-19(24-3)15(10-14)12-23-2)21-11-18(22)16-6-4-5-7-17(16)20/h4-10,13,18,21-22H,11-12H2,1-3H3. The second-order valence-electron chi connectivity index (χ2n) is 5.67. The Hall–Kier alpha value is -1.59. The molecule has 0 aliphatic heterocycles. The van der Waals surface area contributed by atoms with Crippen LogP contribution >= 0.6 is 11.6 Å². The van der Waals surface area contributed by atoms with Crippen molar-refractivity contribution in [2.45, 2.75) is 25.7 Å². The van der Waals surface area contributed by atoms with E-state index in [9.17, 15) is 5.11 Å². The van der Waals surface area contributed by atoms with E-state index in [1.807, 2.05) is 30.3 Å². The van der Waals surface area contributed by atoms with Crippen molar-refractivity contribution >= 4 is 11.6 Å². The molecule has 0 saturated heterocycles. The van der Waals surface area contributed by atoms with Gasteiger partial charge in [0.25, 0.3) is 0 Å².